The first-order valence-corrected chi connectivity index (χ1v) is 8.06. The monoisotopic (exact) mass is 292 g/mol. The van der Waals surface area contributed by atoms with Gasteiger partial charge in [0.15, 0.2) is 0 Å². The van der Waals surface area contributed by atoms with E-state index in [9.17, 15) is 5.11 Å². The number of morpholine rings is 1. The Hall–Kier alpha value is -0.940. The van der Waals surface area contributed by atoms with E-state index >= 15 is 0 Å². The number of rotatable bonds is 8. The molecule has 2 atom stereocenters. The first kappa shape index (κ1) is 16.4. The number of nitrogens with zero attached hydrogens (tertiary/aromatic N) is 1. The fraction of sp³-hybridized carbons (Fsp3) is 0.647. The van der Waals surface area contributed by atoms with Crippen LogP contribution < -0.4 is 5.32 Å². The molecule has 0 spiro atoms. The van der Waals surface area contributed by atoms with Crippen molar-refractivity contribution in [3.63, 3.8) is 0 Å². The summed E-state index contributed by atoms with van der Waals surface area (Å²) in [6, 6.07) is 11.2. The Morgan fingerprint density at radius 1 is 1.38 bits per heavy atom. The van der Waals surface area contributed by atoms with Gasteiger partial charge >= 0.3 is 0 Å². The first-order chi connectivity index (χ1) is 10.3. The molecule has 4 nitrogen and oxygen atoms in total. The van der Waals surface area contributed by atoms with E-state index in [0.29, 0.717) is 12.6 Å². The maximum absolute atomic E-state index is 9.45. The Morgan fingerprint density at radius 2 is 2.19 bits per heavy atom. The summed E-state index contributed by atoms with van der Waals surface area (Å²) in [5.41, 5.74) is 1.35. The van der Waals surface area contributed by atoms with Crippen LogP contribution in [0.25, 0.3) is 0 Å². The molecule has 1 aromatic rings. The standard InChI is InChI=1S/C17H28N2O2/c1-2-9-18-17(15-6-4-3-5-7-15)8-10-19-11-12-21-14-16(19)13-20/h3-7,16-18,20H,2,8-14H2,1H3. The molecular weight excluding hydrogens is 264 g/mol. The van der Waals surface area contributed by atoms with Crippen LogP contribution in [0.15, 0.2) is 30.3 Å². The normalized spacial score (nSPS) is 21.3. The molecule has 2 unspecified atom stereocenters. The van der Waals surface area contributed by atoms with Crippen molar-refractivity contribution in [2.24, 2.45) is 0 Å². The lowest BCUT2D eigenvalue weighted by Gasteiger charge is -2.35. The van der Waals surface area contributed by atoms with Crippen LogP contribution in [0.3, 0.4) is 0 Å². The molecule has 1 aliphatic heterocycles. The smallest absolute Gasteiger partial charge is 0.0644 e. The summed E-state index contributed by atoms with van der Waals surface area (Å²) < 4.78 is 5.44. The maximum Gasteiger partial charge on any atom is 0.0644 e. The summed E-state index contributed by atoms with van der Waals surface area (Å²) in [5, 5.41) is 13.1. The van der Waals surface area contributed by atoms with Gasteiger partial charge in [-0.15, -0.1) is 0 Å². The summed E-state index contributed by atoms with van der Waals surface area (Å²) in [7, 11) is 0. The molecule has 1 heterocycles. The summed E-state index contributed by atoms with van der Waals surface area (Å²) in [5.74, 6) is 0. The Morgan fingerprint density at radius 3 is 2.90 bits per heavy atom. The minimum Gasteiger partial charge on any atom is -0.395 e. The molecule has 1 aromatic carbocycles. The highest BCUT2D eigenvalue weighted by molar-refractivity contribution is 5.18. The average Bonchev–Trinajstić information content (AvgIpc) is 2.56. The second-order valence-corrected chi connectivity index (χ2v) is 5.65. The Kier molecular flexibility index (Phi) is 7.16. The van der Waals surface area contributed by atoms with Crippen molar-refractivity contribution < 1.29 is 9.84 Å². The fourth-order valence-corrected chi connectivity index (χ4v) is 2.84. The quantitative estimate of drug-likeness (QED) is 0.767. The zero-order valence-electron chi connectivity index (χ0n) is 13.0. The highest BCUT2D eigenvalue weighted by Gasteiger charge is 2.23. The van der Waals surface area contributed by atoms with Gasteiger partial charge in [-0.3, -0.25) is 4.90 Å². The van der Waals surface area contributed by atoms with E-state index in [1.165, 1.54) is 5.56 Å². The Bertz CT molecular complexity index is 386. The molecule has 1 aliphatic rings. The largest absolute Gasteiger partial charge is 0.395 e. The molecular formula is C17H28N2O2. The van der Waals surface area contributed by atoms with Gasteiger partial charge in [0.1, 0.15) is 0 Å². The predicted molar refractivity (Wildman–Crippen MR) is 85.4 cm³/mol. The van der Waals surface area contributed by atoms with Crippen molar-refractivity contribution in [3.8, 4) is 0 Å². The summed E-state index contributed by atoms with van der Waals surface area (Å²) in [6.45, 7) is 6.73. The molecule has 0 aromatic heterocycles. The molecule has 0 saturated carbocycles. The summed E-state index contributed by atoms with van der Waals surface area (Å²) in [6.07, 6.45) is 2.20. The zero-order valence-corrected chi connectivity index (χ0v) is 13.0. The number of nitrogens with one attached hydrogen (secondary N) is 1. The van der Waals surface area contributed by atoms with Crippen molar-refractivity contribution in [1.29, 1.82) is 0 Å². The number of hydrogen-bond donors (Lipinski definition) is 2. The fourth-order valence-electron chi connectivity index (χ4n) is 2.84. The van der Waals surface area contributed by atoms with Crippen LogP contribution in [-0.4, -0.2) is 55.5 Å². The van der Waals surface area contributed by atoms with Crippen LogP contribution in [0.1, 0.15) is 31.4 Å². The number of benzene rings is 1. The van der Waals surface area contributed by atoms with Gasteiger partial charge in [0.25, 0.3) is 0 Å². The van der Waals surface area contributed by atoms with Gasteiger partial charge in [-0.05, 0) is 24.9 Å². The van der Waals surface area contributed by atoms with E-state index in [2.05, 4.69) is 47.5 Å². The molecule has 1 saturated heterocycles. The van der Waals surface area contributed by atoms with E-state index in [1.54, 1.807) is 0 Å². The lowest BCUT2D eigenvalue weighted by atomic mass is 10.0. The highest BCUT2D eigenvalue weighted by atomic mass is 16.5. The van der Waals surface area contributed by atoms with Gasteiger partial charge in [0.05, 0.1) is 25.9 Å². The number of hydrogen-bond acceptors (Lipinski definition) is 4. The minimum atomic E-state index is 0.154. The third-order valence-electron chi connectivity index (χ3n) is 4.11. The van der Waals surface area contributed by atoms with E-state index in [1.807, 2.05) is 0 Å². The van der Waals surface area contributed by atoms with Gasteiger partial charge in [-0.25, -0.2) is 0 Å². The summed E-state index contributed by atoms with van der Waals surface area (Å²) in [4.78, 5) is 2.35. The topological polar surface area (TPSA) is 44.7 Å². The summed E-state index contributed by atoms with van der Waals surface area (Å²) >= 11 is 0. The van der Waals surface area contributed by atoms with Gasteiger partial charge in [0, 0.05) is 19.1 Å². The first-order valence-electron chi connectivity index (χ1n) is 8.06. The average molecular weight is 292 g/mol. The van der Waals surface area contributed by atoms with Crippen molar-refractivity contribution in [2.75, 3.05) is 39.5 Å². The lowest BCUT2D eigenvalue weighted by Crippen LogP contribution is -2.48. The molecule has 118 valence electrons. The maximum atomic E-state index is 9.45. The molecule has 0 radical (unpaired) electrons. The van der Waals surface area contributed by atoms with Crippen LogP contribution >= 0.6 is 0 Å². The molecule has 1 fully saturated rings. The van der Waals surface area contributed by atoms with Gasteiger partial charge in [0.2, 0.25) is 0 Å². The minimum absolute atomic E-state index is 0.154. The SMILES string of the molecule is CCCNC(CCN1CCOCC1CO)c1ccccc1. The molecule has 0 bridgehead atoms. The van der Waals surface area contributed by atoms with E-state index in [-0.39, 0.29) is 12.6 Å². The number of ether oxygens (including phenoxy) is 1. The van der Waals surface area contributed by atoms with Gasteiger partial charge in [-0.1, -0.05) is 37.3 Å². The Labute approximate surface area is 128 Å². The number of aliphatic hydroxyl groups is 1. The highest BCUT2D eigenvalue weighted by Crippen LogP contribution is 2.18. The predicted octanol–water partition coefficient (Wildman–Crippen LogP) is 1.81. The molecule has 0 aliphatic carbocycles. The zero-order chi connectivity index (χ0) is 14.9. The van der Waals surface area contributed by atoms with Gasteiger partial charge in [-0.2, -0.15) is 0 Å². The van der Waals surface area contributed by atoms with Crippen molar-refractivity contribution in [2.45, 2.75) is 31.8 Å². The van der Waals surface area contributed by atoms with Gasteiger partial charge < -0.3 is 15.2 Å². The van der Waals surface area contributed by atoms with Crippen molar-refractivity contribution >= 4 is 0 Å². The van der Waals surface area contributed by atoms with E-state index in [4.69, 9.17) is 4.74 Å². The van der Waals surface area contributed by atoms with Crippen LogP contribution in [0, 0.1) is 0 Å². The van der Waals surface area contributed by atoms with Crippen LogP contribution in [0.5, 0.6) is 0 Å². The van der Waals surface area contributed by atoms with Crippen molar-refractivity contribution in [1.82, 2.24) is 10.2 Å². The second kappa shape index (κ2) is 9.15. The van der Waals surface area contributed by atoms with Crippen molar-refractivity contribution in [3.05, 3.63) is 35.9 Å². The molecule has 21 heavy (non-hydrogen) atoms. The molecule has 4 heteroatoms. The molecule has 0 amide bonds. The van der Waals surface area contributed by atoms with E-state index < -0.39 is 0 Å². The Balaban J connectivity index is 1.92. The van der Waals surface area contributed by atoms with Crippen LogP contribution in [-0.2, 0) is 4.74 Å². The third-order valence-corrected chi connectivity index (χ3v) is 4.11. The second-order valence-electron chi connectivity index (χ2n) is 5.65. The van der Waals surface area contributed by atoms with Crippen LogP contribution in [0.4, 0.5) is 0 Å². The third kappa shape index (κ3) is 5.08. The molecule has 2 rings (SSSR count). The molecule has 2 N–H and O–H groups in total. The van der Waals surface area contributed by atoms with E-state index in [0.717, 1.165) is 39.1 Å². The number of aliphatic hydroxyl groups excluding tert-OH is 1. The van der Waals surface area contributed by atoms with Crippen LogP contribution in [0.2, 0.25) is 0 Å². The lowest BCUT2D eigenvalue weighted by molar-refractivity contribution is -0.0286.